The van der Waals surface area contributed by atoms with E-state index in [4.69, 9.17) is 10.7 Å². The molecule has 2 aliphatic rings. The van der Waals surface area contributed by atoms with Gasteiger partial charge in [-0.05, 0) is 79.6 Å². The minimum absolute atomic E-state index is 0.0122. The van der Waals surface area contributed by atoms with Gasteiger partial charge in [0.25, 0.3) is 19.1 Å². The van der Waals surface area contributed by atoms with E-state index in [-0.39, 0.29) is 47.5 Å². The Morgan fingerprint density at radius 2 is 1.32 bits per heavy atom. The van der Waals surface area contributed by atoms with Crippen LogP contribution >= 0.6 is 10.7 Å². The molecule has 2 saturated heterocycles. The molecule has 0 radical (unpaired) electrons. The Balaban J connectivity index is 0.000000232. The first-order chi connectivity index (χ1) is 23.3. The number of benzene rings is 2. The van der Waals surface area contributed by atoms with E-state index in [0.29, 0.717) is 31.6 Å². The normalized spacial score (nSPS) is 16.7. The van der Waals surface area contributed by atoms with Crippen LogP contribution in [0, 0.1) is 5.92 Å². The molecule has 20 heteroatoms. The number of likely N-dealkylation sites (tertiary alicyclic amines) is 1. The third-order valence-corrected chi connectivity index (χ3v) is 10.9. The standard InChI is InChI=1S/C17H17F3N4O3S.C13H13ClF3NO3S/c18-17(19,20)16(25)24-9-6-13(7-10-24)12-1-3-14(4-2-12)28(26,27)23-15-5-8-21-11-22-15;14-22(20,21)11-3-1-10(2-4-11)18-7-5-9(6-8-18)12(19)13(15,16)17/h1-5,8,11,13H,6-7,9-10H2,(H,21,22,23);1-4,9H,5-8H2. The van der Waals surface area contributed by atoms with Crippen molar-refractivity contribution in [1.29, 1.82) is 0 Å². The number of rotatable bonds is 7. The van der Waals surface area contributed by atoms with E-state index in [1.165, 1.54) is 42.9 Å². The number of anilines is 2. The van der Waals surface area contributed by atoms with Gasteiger partial charge in [0.15, 0.2) is 0 Å². The highest BCUT2D eigenvalue weighted by Gasteiger charge is 2.44. The number of nitrogens with one attached hydrogen (secondary N) is 1. The Kier molecular flexibility index (Phi) is 12.0. The summed E-state index contributed by atoms with van der Waals surface area (Å²) in [4.78, 5) is 32.6. The highest BCUT2D eigenvalue weighted by molar-refractivity contribution is 8.13. The van der Waals surface area contributed by atoms with E-state index >= 15 is 0 Å². The van der Waals surface area contributed by atoms with Crippen LogP contribution < -0.4 is 9.62 Å². The van der Waals surface area contributed by atoms with Crippen molar-refractivity contribution < 1.29 is 52.8 Å². The monoisotopic (exact) mass is 769 g/mol. The second kappa shape index (κ2) is 15.5. The lowest BCUT2D eigenvalue weighted by Gasteiger charge is -2.33. The second-order valence-electron chi connectivity index (χ2n) is 11.4. The number of carbonyl (C=O) groups is 2. The van der Waals surface area contributed by atoms with Crippen LogP contribution in [0.15, 0.2) is 76.9 Å². The van der Waals surface area contributed by atoms with E-state index in [1.807, 2.05) is 4.90 Å². The van der Waals surface area contributed by atoms with Crippen LogP contribution in [-0.2, 0) is 28.7 Å². The van der Waals surface area contributed by atoms with Gasteiger partial charge in [0.1, 0.15) is 12.1 Å². The van der Waals surface area contributed by atoms with E-state index in [2.05, 4.69) is 14.7 Å². The highest BCUT2D eigenvalue weighted by atomic mass is 35.7. The molecule has 3 heterocycles. The number of piperidine rings is 2. The Bertz CT molecular complexity index is 1850. The molecule has 2 aromatic carbocycles. The first-order valence-electron chi connectivity index (χ1n) is 14.9. The molecule has 0 aliphatic carbocycles. The van der Waals surface area contributed by atoms with E-state index in [1.54, 1.807) is 24.3 Å². The predicted molar refractivity (Wildman–Crippen MR) is 169 cm³/mol. The molecular formula is C30H30ClF6N5O6S2. The molecule has 0 saturated carbocycles. The Labute approximate surface area is 288 Å². The summed E-state index contributed by atoms with van der Waals surface area (Å²) < 4.78 is 124. The maximum Gasteiger partial charge on any atom is 0.471 e. The molecule has 1 amide bonds. The van der Waals surface area contributed by atoms with Crippen LogP contribution in [0.2, 0.25) is 0 Å². The quantitative estimate of drug-likeness (QED) is 0.243. The largest absolute Gasteiger partial charge is 0.471 e. The van der Waals surface area contributed by atoms with Crippen LogP contribution in [0.5, 0.6) is 0 Å². The van der Waals surface area contributed by atoms with Gasteiger partial charge in [-0.3, -0.25) is 14.3 Å². The summed E-state index contributed by atoms with van der Waals surface area (Å²) in [6, 6.07) is 13.3. The van der Waals surface area contributed by atoms with Gasteiger partial charge in [-0.25, -0.2) is 26.8 Å². The van der Waals surface area contributed by atoms with Crippen molar-refractivity contribution in [3.05, 3.63) is 72.7 Å². The Morgan fingerprint density at radius 1 is 0.760 bits per heavy atom. The van der Waals surface area contributed by atoms with Gasteiger partial charge in [-0.1, -0.05) is 12.1 Å². The molecule has 1 N–H and O–H groups in total. The minimum atomic E-state index is -4.86. The van der Waals surface area contributed by atoms with Crippen molar-refractivity contribution in [2.24, 2.45) is 5.92 Å². The number of sulfonamides is 1. The molecule has 2 fully saturated rings. The topological polar surface area (TPSA) is 147 Å². The smallest absolute Gasteiger partial charge is 0.371 e. The first kappa shape index (κ1) is 38.8. The van der Waals surface area contributed by atoms with Crippen LogP contribution in [0.3, 0.4) is 0 Å². The summed E-state index contributed by atoms with van der Waals surface area (Å²) in [5.74, 6) is -4.39. The van der Waals surface area contributed by atoms with Gasteiger partial charge >= 0.3 is 18.3 Å². The molecule has 5 rings (SSSR count). The second-order valence-corrected chi connectivity index (χ2v) is 15.6. The number of carbonyl (C=O) groups excluding carboxylic acids is 2. The highest BCUT2D eigenvalue weighted by Crippen LogP contribution is 2.32. The van der Waals surface area contributed by atoms with Crippen molar-refractivity contribution >= 4 is 53.0 Å². The first-order valence-corrected chi connectivity index (χ1v) is 18.7. The number of aromatic nitrogens is 2. The minimum Gasteiger partial charge on any atom is -0.371 e. The van der Waals surface area contributed by atoms with Crippen molar-refractivity contribution in [2.75, 3.05) is 35.8 Å². The zero-order chi connectivity index (χ0) is 36.9. The zero-order valence-corrected chi connectivity index (χ0v) is 28.3. The van der Waals surface area contributed by atoms with Crippen molar-refractivity contribution in [3.8, 4) is 0 Å². The van der Waals surface area contributed by atoms with Crippen LogP contribution in [-0.4, -0.2) is 81.9 Å². The third kappa shape index (κ3) is 10.3. The molecule has 0 unspecified atom stereocenters. The molecule has 0 bridgehead atoms. The lowest BCUT2D eigenvalue weighted by atomic mass is 9.89. The molecule has 0 atom stereocenters. The number of alkyl halides is 6. The maximum atomic E-state index is 12.5. The molecule has 272 valence electrons. The molecule has 50 heavy (non-hydrogen) atoms. The van der Waals surface area contributed by atoms with E-state index in [9.17, 15) is 52.8 Å². The fourth-order valence-corrected chi connectivity index (χ4v) is 7.29. The van der Waals surface area contributed by atoms with E-state index in [0.717, 1.165) is 10.5 Å². The lowest BCUT2D eigenvalue weighted by molar-refractivity contribution is -0.186. The fraction of sp³-hybridized carbons (Fsp3) is 0.400. The van der Waals surface area contributed by atoms with Gasteiger partial charge in [0, 0.05) is 54.7 Å². The third-order valence-electron chi connectivity index (χ3n) is 8.14. The summed E-state index contributed by atoms with van der Waals surface area (Å²) in [6.45, 7) is 0.634. The van der Waals surface area contributed by atoms with Gasteiger partial charge < -0.3 is 9.80 Å². The Morgan fingerprint density at radius 3 is 1.80 bits per heavy atom. The number of amides is 1. The molecule has 1 aromatic heterocycles. The molecule has 2 aliphatic heterocycles. The van der Waals surface area contributed by atoms with Crippen molar-refractivity contribution in [3.63, 3.8) is 0 Å². The summed E-state index contributed by atoms with van der Waals surface area (Å²) in [6.07, 6.45) is -6.02. The van der Waals surface area contributed by atoms with Gasteiger partial charge in [0.2, 0.25) is 5.78 Å². The molecule has 3 aromatic rings. The maximum absolute atomic E-state index is 12.5. The van der Waals surface area contributed by atoms with Crippen LogP contribution in [0.4, 0.5) is 37.8 Å². The summed E-state index contributed by atoms with van der Waals surface area (Å²) in [5, 5.41) is 0. The number of nitrogens with zero attached hydrogens (tertiary/aromatic N) is 4. The lowest BCUT2D eigenvalue weighted by Crippen LogP contribution is -2.45. The Hall–Kier alpha value is -3.97. The molecule has 0 spiro atoms. The molecule has 11 nitrogen and oxygen atoms in total. The van der Waals surface area contributed by atoms with Gasteiger partial charge in [0.05, 0.1) is 9.79 Å². The fourth-order valence-electron chi connectivity index (χ4n) is 5.51. The SMILES string of the molecule is O=C(C1CCN(c2ccc(S(=O)(=O)Cl)cc2)CC1)C(F)(F)F.O=C(N1CCC(c2ccc(S(=O)(=O)Nc3ccncn3)cc2)CC1)C(F)(F)F. The summed E-state index contributed by atoms with van der Waals surface area (Å²) in [7, 11) is -2.41. The van der Waals surface area contributed by atoms with Crippen molar-refractivity contribution in [2.45, 2.75) is 53.7 Å². The number of ketones is 1. The van der Waals surface area contributed by atoms with Crippen LogP contribution in [0.25, 0.3) is 0 Å². The summed E-state index contributed by atoms with van der Waals surface area (Å²) >= 11 is 0. The molecular weight excluding hydrogens is 740 g/mol. The van der Waals surface area contributed by atoms with E-state index < -0.39 is 49.0 Å². The summed E-state index contributed by atoms with van der Waals surface area (Å²) in [5.41, 5.74) is 1.50. The van der Waals surface area contributed by atoms with Crippen LogP contribution in [0.1, 0.15) is 37.2 Å². The average molecular weight is 770 g/mol. The average Bonchev–Trinajstić information content (AvgIpc) is 3.07. The van der Waals surface area contributed by atoms with Crippen molar-refractivity contribution in [1.82, 2.24) is 14.9 Å². The van der Waals surface area contributed by atoms with Gasteiger partial charge in [-0.2, -0.15) is 26.3 Å². The van der Waals surface area contributed by atoms with Gasteiger partial charge in [-0.15, -0.1) is 0 Å². The number of hydrogen-bond acceptors (Lipinski definition) is 9. The number of halogens is 7. The number of hydrogen-bond donors (Lipinski definition) is 1. The predicted octanol–water partition coefficient (Wildman–Crippen LogP) is 5.51. The zero-order valence-electron chi connectivity index (χ0n) is 25.9. The number of Topliss-reactive ketones (excluding diaryl/α,β-unsaturated/α-hetero) is 1.